The number of hydrogen-bond donors (Lipinski definition) is 2. The third-order valence-electron chi connectivity index (χ3n) is 2.77. The van der Waals surface area contributed by atoms with Crippen molar-refractivity contribution in [1.82, 2.24) is 10.3 Å². The zero-order chi connectivity index (χ0) is 10.7. The molecular formula is C11H14N3O. The van der Waals surface area contributed by atoms with Crippen LogP contribution in [-0.2, 0) is 0 Å². The molecule has 1 aromatic rings. The van der Waals surface area contributed by atoms with Crippen LogP contribution in [0.2, 0.25) is 0 Å². The van der Waals surface area contributed by atoms with E-state index < -0.39 is 5.91 Å². The molecule has 3 N–H and O–H groups in total. The van der Waals surface area contributed by atoms with Gasteiger partial charge in [0.1, 0.15) is 0 Å². The molecule has 0 saturated carbocycles. The van der Waals surface area contributed by atoms with Crippen molar-refractivity contribution in [2.75, 3.05) is 13.1 Å². The zero-order valence-corrected chi connectivity index (χ0v) is 8.49. The van der Waals surface area contributed by atoms with Crippen LogP contribution in [0.1, 0.15) is 34.8 Å². The summed E-state index contributed by atoms with van der Waals surface area (Å²) in [6.45, 7) is 1.95. The van der Waals surface area contributed by atoms with E-state index in [4.69, 9.17) is 5.73 Å². The Bertz CT molecular complexity index is 359. The largest absolute Gasteiger partial charge is 0.366 e. The van der Waals surface area contributed by atoms with Crippen LogP contribution in [0, 0.1) is 6.07 Å². The minimum Gasteiger partial charge on any atom is -0.366 e. The molecule has 1 saturated heterocycles. The van der Waals surface area contributed by atoms with Gasteiger partial charge in [-0.15, -0.1) is 0 Å². The highest BCUT2D eigenvalue weighted by molar-refractivity contribution is 5.93. The Hall–Kier alpha value is -1.42. The molecule has 0 aromatic carbocycles. The van der Waals surface area contributed by atoms with Crippen LogP contribution in [0.15, 0.2) is 12.3 Å². The third kappa shape index (κ3) is 2.15. The molecule has 0 unspecified atom stereocenters. The lowest BCUT2D eigenvalue weighted by Gasteiger charge is -2.23. The average molecular weight is 204 g/mol. The molecule has 4 nitrogen and oxygen atoms in total. The second-order valence-corrected chi connectivity index (χ2v) is 3.76. The second kappa shape index (κ2) is 4.40. The number of hydrogen-bond acceptors (Lipinski definition) is 3. The van der Waals surface area contributed by atoms with Crippen molar-refractivity contribution in [2.45, 2.75) is 18.8 Å². The molecule has 15 heavy (non-hydrogen) atoms. The lowest BCUT2D eigenvalue weighted by atomic mass is 9.91. The van der Waals surface area contributed by atoms with Crippen LogP contribution in [0.5, 0.6) is 0 Å². The number of nitrogens with two attached hydrogens (primary N) is 1. The number of rotatable bonds is 2. The summed E-state index contributed by atoms with van der Waals surface area (Å²) >= 11 is 0. The number of aromatic nitrogens is 1. The van der Waals surface area contributed by atoms with Gasteiger partial charge in [0.15, 0.2) is 0 Å². The molecule has 0 spiro atoms. The standard InChI is InChI=1S/C11H14N3O/c12-11(15)9-2-1-5-14-10(9)8-3-6-13-7-4-8/h2,5,8,13H,3-4,6-7H2,(H2,12,15). The molecule has 2 heterocycles. The van der Waals surface area contributed by atoms with Gasteiger partial charge in [0.2, 0.25) is 0 Å². The Labute approximate surface area is 88.9 Å². The number of pyridine rings is 1. The summed E-state index contributed by atoms with van der Waals surface area (Å²) in [5.74, 6) is -0.0590. The molecular weight excluding hydrogens is 190 g/mol. The molecule has 1 aliphatic rings. The van der Waals surface area contributed by atoms with Gasteiger partial charge < -0.3 is 11.1 Å². The first kappa shape index (κ1) is 10.1. The SMILES string of the molecule is NC(=O)c1c[c]cnc1C1CCNCC1. The van der Waals surface area contributed by atoms with E-state index in [1.165, 1.54) is 0 Å². The van der Waals surface area contributed by atoms with Crippen molar-refractivity contribution >= 4 is 5.91 Å². The van der Waals surface area contributed by atoms with Gasteiger partial charge in [-0.25, -0.2) is 0 Å². The summed E-state index contributed by atoms with van der Waals surface area (Å²) in [5.41, 5.74) is 6.66. The minimum atomic E-state index is -0.409. The fourth-order valence-electron chi connectivity index (χ4n) is 1.99. The van der Waals surface area contributed by atoms with Gasteiger partial charge in [0.25, 0.3) is 5.91 Å². The van der Waals surface area contributed by atoms with E-state index in [1.54, 1.807) is 12.3 Å². The van der Waals surface area contributed by atoms with E-state index in [2.05, 4.69) is 16.4 Å². The average Bonchev–Trinajstić information content (AvgIpc) is 2.30. The van der Waals surface area contributed by atoms with Crippen LogP contribution in [0.4, 0.5) is 0 Å². The predicted octanol–water partition coefficient (Wildman–Crippen LogP) is 0.448. The molecule has 79 valence electrons. The van der Waals surface area contributed by atoms with Crippen molar-refractivity contribution < 1.29 is 4.79 Å². The molecule has 1 radical (unpaired) electrons. The van der Waals surface area contributed by atoms with Gasteiger partial charge in [-0.05, 0) is 32.0 Å². The number of primary amides is 1. The number of amides is 1. The molecule has 0 bridgehead atoms. The first-order chi connectivity index (χ1) is 7.29. The van der Waals surface area contributed by atoms with Crippen molar-refractivity contribution in [2.24, 2.45) is 5.73 Å². The fraction of sp³-hybridized carbons (Fsp3) is 0.455. The van der Waals surface area contributed by atoms with Gasteiger partial charge in [-0.3, -0.25) is 9.78 Å². The van der Waals surface area contributed by atoms with Crippen molar-refractivity contribution in [1.29, 1.82) is 0 Å². The van der Waals surface area contributed by atoms with E-state index in [0.29, 0.717) is 11.5 Å². The summed E-state index contributed by atoms with van der Waals surface area (Å²) in [6, 6.07) is 4.43. The van der Waals surface area contributed by atoms with Crippen LogP contribution in [0.25, 0.3) is 0 Å². The van der Waals surface area contributed by atoms with Crippen LogP contribution in [-0.4, -0.2) is 24.0 Å². The van der Waals surface area contributed by atoms with Gasteiger partial charge in [0.05, 0.1) is 11.3 Å². The number of piperidine rings is 1. The Morgan fingerprint density at radius 2 is 2.27 bits per heavy atom. The summed E-state index contributed by atoms with van der Waals surface area (Å²) in [4.78, 5) is 15.5. The Kier molecular flexibility index (Phi) is 2.97. The number of carbonyl (C=O) groups is 1. The number of nitrogens with zero attached hydrogens (tertiary/aromatic N) is 1. The molecule has 4 heteroatoms. The highest BCUT2D eigenvalue weighted by atomic mass is 16.1. The highest BCUT2D eigenvalue weighted by Gasteiger charge is 2.21. The number of carbonyl (C=O) groups excluding carboxylic acids is 1. The molecule has 1 aromatic heterocycles. The third-order valence-corrected chi connectivity index (χ3v) is 2.77. The van der Waals surface area contributed by atoms with E-state index in [1.807, 2.05) is 0 Å². The molecule has 0 aliphatic carbocycles. The molecule has 1 amide bonds. The Morgan fingerprint density at radius 1 is 1.53 bits per heavy atom. The van der Waals surface area contributed by atoms with E-state index in [9.17, 15) is 4.79 Å². The summed E-state index contributed by atoms with van der Waals surface area (Å²) in [6.07, 6.45) is 3.62. The molecule has 0 atom stereocenters. The van der Waals surface area contributed by atoms with Crippen molar-refractivity contribution in [3.8, 4) is 0 Å². The normalized spacial score (nSPS) is 17.6. The zero-order valence-electron chi connectivity index (χ0n) is 8.49. The van der Waals surface area contributed by atoms with Crippen LogP contribution in [0.3, 0.4) is 0 Å². The predicted molar refractivity (Wildman–Crippen MR) is 56.4 cm³/mol. The summed E-state index contributed by atoms with van der Waals surface area (Å²) < 4.78 is 0. The first-order valence-corrected chi connectivity index (χ1v) is 5.15. The van der Waals surface area contributed by atoms with E-state index in [-0.39, 0.29) is 0 Å². The monoisotopic (exact) mass is 204 g/mol. The first-order valence-electron chi connectivity index (χ1n) is 5.15. The van der Waals surface area contributed by atoms with Crippen molar-refractivity contribution in [3.63, 3.8) is 0 Å². The molecule has 2 rings (SSSR count). The van der Waals surface area contributed by atoms with Crippen LogP contribution >= 0.6 is 0 Å². The Morgan fingerprint density at radius 3 is 2.93 bits per heavy atom. The van der Waals surface area contributed by atoms with Gasteiger partial charge in [0, 0.05) is 18.2 Å². The van der Waals surface area contributed by atoms with Gasteiger partial charge in [-0.2, -0.15) is 0 Å². The maximum absolute atomic E-state index is 11.2. The van der Waals surface area contributed by atoms with E-state index in [0.717, 1.165) is 31.6 Å². The van der Waals surface area contributed by atoms with Gasteiger partial charge >= 0.3 is 0 Å². The Balaban J connectivity index is 2.29. The molecule has 1 fully saturated rings. The lowest BCUT2D eigenvalue weighted by Crippen LogP contribution is -2.28. The highest BCUT2D eigenvalue weighted by Crippen LogP contribution is 2.25. The number of nitrogens with one attached hydrogen (secondary N) is 1. The minimum absolute atomic E-state index is 0.350. The molecule has 1 aliphatic heterocycles. The summed E-state index contributed by atoms with van der Waals surface area (Å²) in [7, 11) is 0. The topological polar surface area (TPSA) is 68.0 Å². The van der Waals surface area contributed by atoms with E-state index >= 15 is 0 Å². The van der Waals surface area contributed by atoms with Crippen LogP contribution < -0.4 is 11.1 Å². The maximum Gasteiger partial charge on any atom is 0.250 e. The fourth-order valence-corrected chi connectivity index (χ4v) is 1.99. The second-order valence-electron chi connectivity index (χ2n) is 3.76. The summed E-state index contributed by atoms with van der Waals surface area (Å²) in [5, 5.41) is 3.28. The van der Waals surface area contributed by atoms with Crippen molar-refractivity contribution in [3.05, 3.63) is 29.6 Å². The lowest BCUT2D eigenvalue weighted by molar-refractivity contribution is 0.0998. The van der Waals surface area contributed by atoms with Gasteiger partial charge in [-0.1, -0.05) is 0 Å². The maximum atomic E-state index is 11.2. The quantitative estimate of drug-likeness (QED) is 0.734. The smallest absolute Gasteiger partial charge is 0.250 e.